The van der Waals surface area contributed by atoms with Gasteiger partial charge in [0.2, 0.25) is 0 Å². The number of H-pyrrole nitrogens is 1. The maximum absolute atomic E-state index is 12.5. The quantitative estimate of drug-likeness (QED) is 0.480. The van der Waals surface area contributed by atoms with Gasteiger partial charge in [-0.3, -0.25) is 14.4 Å². The van der Waals surface area contributed by atoms with Crippen molar-refractivity contribution in [2.45, 2.75) is 52.0 Å². The number of hydrogen-bond donors (Lipinski definition) is 2. The maximum atomic E-state index is 12.5. The number of aromatic amines is 1. The van der Waals surface area contributed by atoms with Gasteiger partial charge in [-0.1, -0.05) is 0 Å². The molecule has 0 unspecified atom stereocenters. The van der Waals surface area contributed by atoms with Crippen LogP contribution in [0, 0.1) is 0 Å². The molecule has 0 aliphatic heterocycles. The number of nitrogens with one attached hydrogen (secondary N) is 2. The Hall–Kier alpha value is -2.74. The van der Waals surface area contributed by atoms with E-state index in [-0.39, 0.29) is 5.91 Å². The molecule has 2 aromatic heterocycles. The van der Waals surface area contributed by atoms with Crippen molar-refractivity contribution in [3.8, 4) is 0 Å². The van der Waals surface area contributed by atoms with Gasteiger partial charge in [-0.25, -0.2) is 4.98 Å². The highest BCUT2D eigenvalue weighted by Crippen LogP contribution is 2.27. The van der Waals surface area contributed by atoms with Gasteiger partial charge >= 0.3 is 11.1 Å². The fourth-order valence-electron chi connectivity index (χ4n) is 3.79. The smallest absolute Gasteiger partial charge is 0.316 e. The predicted molar refractivity (Wildman–Crippen MR) is 114 cm³/mol. The van der Waals surface area contributed by atoms with E-state index in [0.29, 0.717) is 29.7 Å². The Balaban J connectivity index is 1.39. The van der Waals surface area contributed by atoms with E-state index in [1.54, 1.807) is 25.1 Å². The maximum Gasteiger partial charge on any atom is 0.316 e. The molecule has 0 radical (unpaired) electrons. The minimum Gasteiger partial charge on any atom is -0.352 e. The van der Waals surface area contributed by atoms with Crippen molar-refractivity contribution in [3.05, 3.63) is 60.0 Å². The topological polar surface area (TPSA) is 96.9 Å². The third-order valence-electron chi connectivity index (χ3n) is 5.30. The zero-order valence-electron chi connectivity index (χ0n) is 16.4. The highest BCUT2D eigenvalue weighted by molar-refractivity contribution is 7.11. The predicted octanol–water partition coefficient (Wildman–Crippen LogP) is 2.41. The lowest BCUT2D eigenvalue weighted by Crippen LogP contribution is -2.36. The summed E-state index contributed by atoms with van der Waals surface area (Å²) < 4.78 is 1.41. The first-order valence-corrected chi connectivity index (χ1v) is 10.9. The summed E-state index contributed by atoms with van der Waals surface area (Å²) in [7, 11) is 0. The molecule has 2 N–H and O–H groups in total. The molecule has 0 saturated carbocycles. The van der Waals surface area contributed by atoms with Crippen LogP contribution in [0.15, 0.2) is 27.8 Å². The van der Waals surface area contributed by atoms with Gasteiger partial charge in [0, 0.05) is 30.0 Å². The van der Waals surface area contributed by atoms with E-state index in [1.165, 1.54) is 28.0 Å². The number of nitrogens with zero attached hydrogens (tertiary/aromatic N) is 2. The molecule has 3 aromatic rings. The van der Waals surface area contributed by atoms with E-state index in [4.69, 9.17) is 4.98 Å². The summed E-state index contributed by atoms with van der Waals surface area (Å²) >= 11 is 1.81. The fraction of sp³-hybridized carbons (Fsp3) is 0.429. The van der Waals surface area contributed by atoms with Gasteiger partial charge < -0.3 is 14.9 Å². The van der Waals surface area contributed by atoms with Crippen LogP contribution in [0.25, 0.3) is 11.0 Å². The Morgan fingerprint density at radius 3 is 2.90 bits per heavy atom. The van der Waals surface area contributed by atoms with Gasteiger partial charge in [0.1, 0.15) is 0 Å². The molecule has 2 heterocycles. The van der Waals surface area contributed by atoms with Crippen LogP contribution < -0.4 is 16.4 Å². The van der Waals surface area contributed by atoms with Crippen LogP contribution in [0.3, 0.4) is 0 Å². The van der Waals surface area contributed by atoms with Crippen molar-refractivity contribution in [1.29, 1.82) is 0 Å². The molecule has 1 aliphatic rings. The summed E-state index contributed by atoms with van der Waals surface area (Å²) in [6, 6.07) is 4.99. The highest BCUT2D eigenvalue weighted by atomic mass is 32.1. The van der Waals surface area contributed by atoms with Crippen LogP contribution in [0.2, 0.25) is 0 Å². The molecule has 0 saturated heterocycles. The number of aryl methyl sites for hydroxylation is 4. The molecule has 1 amide bonds. The highest BCUT2D eigenvalue weighted by Gasteiger charge is 2.15. The summed E-state index contributed by atoms with van der Waals surface area (Å²) in [6.07, 6.45) is 6.44. The molecule has 0 fully saturated rings. The number of hydrogen-bond acceptors (Lipinski definition) is 5. The standard InChI is InChI=1S/C21H24N4O3S/c1-2-25-16-10-9-13(12-15(16)24-20(27)21(25)28)19(26)22-11-5-8-18-23-14-6-3-4-7-17(14)29-18/h9-10,12H,2-8,11H2,1H3,(H,22,26)(H,24,27). The SMILES string of the molecule is CCn1c(=O)c(=O)[nH]c2cc(C(=O)NCCCc3nc4c(s3)CCCC4)ccc21. The minimum absolute atomic E-state index is 0.194. The third kappa shape index (κ3) is 4.03. The van der Waals surface area contributed by atoms with Gasteiger partial charge in [-0.05, 0) is 57.2 Å². The Morgan fingerprint density at radius 2 is 2.10 bits per heavy atom. The van der Waals surface area contributed by atoms with E-state index < -0.39 is 11.1 Å². The van der Waals surface area contributed by atoms with Crippen molar-refractivity contribution in [2.24, 2.45) is 0 Å². The average molecular weight is 413 g/mol. The lowest BCUT2D eigenvalue weighted by molar-refractivity contribution is 0.0953. The number of aromatic nitrogens is 3. The molecule has 0 spiro atoms. The van der Waals surface area contributed by atoms with Gasteiger partial charge in [-0.2, -0.15) is 0 Å². The summed E-state index contributed by atoms with van der Waals surface area (Å²) in [5.74, 6) is -0.194. The van der Waals surface area contributed by atoms with Crippen molar-refractivity contribution in [1.82, 2.24) is 19.9 Å². The van der Waals surface area contributed by atoms with Crippen LogP contribution in [-0.2, 0) is 25.8 Å². The molecular formula is C21H24N4O3S. The Morgan fingerprint density at radius 1 is 1.28 bits per heavy atom. The number of fused-ring (bicyclic) bond motifs is 2. The second kappa shape index (κ2) is 8.32. The van der Waals surface area contributed by atoms with Crippen molar-refractivity contribution >= 4 is 28.3 Å². The molecule has 8 heteroatoms. The van der Waals surface area contributed by atoms with Gasteiger partial charge in [-0.15, -0.1) is 11.3 Å². The van der Waals surface area contributed by atoms with Crippen LogP contribution >= 0.6 is 11.3 Å². The Labute approximate surface area is 171 Å². The first-order valence-electron chi connectivity index (χ1n) is 10.1. The minimum atomic E-state index is -0.678. The molecule has 152 valence electrons. The lowest BCUT2D eigenvalue weighted by Gasteiger charge is -2.09. The Kier molecular flexibility index (Phi) is 5.62. The number of rotatable bonds is 6. The molecular weight excluding hydrogens is 388 g/mol. The van der Waals surface area contributed by atoms with Crippen molar-refractivity contribution < 1.29 is 4.79 Å². The summed E-state index contributed by atoms with van der Waals surface area (Å²) in [5.41, 5.74) is 1.57. The van der Waals surface area contributed by atoms with Crippen LogP contribution in [0.4, 0.5) is 0 Å². The van der Waals surface area contributed by atoms with Gasteiger partial charge in [0.05, 0.1) is 21.7 Å². The van der Waals surface area contributed by atoms with E-state index in [9.17, 15) is 14.4 Å². The molecule has 29 heavy (non-hydrogen) atoms. The van der Waals surface area contributed by atoms with E-state index >= 15 is 0 Å². The molecule has 1 aliphatic carbocycles. The van der Waals surface area contributed by atoms with E-state index in [2.05, 4.69) is 10.3 Å². The zero-order chi connectivity index (χ0) is 20.4. The van der Waals surface area contributed by atoms with Gasteiger partial charge in [0.25, 0.3) is 5.91 Å². The number of carbonyl (C=O) groups is 1. The average Bonchev–Trinajstić information content (AvgIpc) is 3.14. The molecule has 7 nitrogen and oxygen atoms in total. The first kappa shape index (κ1) is 19.6. The molecule has 0 atom stereocenters. The number of amides is 1. The fourth-order valence-corrected chi connectivity index (χ4v) is 4.99. The van der Waals surface area contributed by atoms with E-state index in [1.807, 2.05) is 11.3 Å². The molecule has 0 bridgehead atoms. The Bertz CT molecular complexity index is 1150. The van der Waals surface area contributed by atoms with Crippen LogP contribution in [0.5, 0.6) is 0 Å². The van der Waals surface area contributed by atoms with E-state index in [0.717, 1.165) is 30.7 Å². The second-order valence-electron chi connectivity index (χ2n) is 7.28. The largest absolute Gasteiger partial charge is 0.352 e. The van der Waals surface area contributed by atoms with Crippen molar-refractivity contribution in [2.75, 3.05) is 6.54 Å². The monoisotopic (exact) mass is 412 g/mol. The number of thiazole rings is 1. The second-order valence-corrected chi connectivity index (χ2v) is 8.45. The van der Waals surface area contributed by atoms with Crippen LogP contribution in [0.1, 0.15) is 52.1 Å². The third-order valence-corrected chi connectivity index (χ3v) is 6.51. The number of carbonyl (C=O) groups excluding carboxylic acids is 1. The van der Waals surface area contributed by atoms with Crippen molar-refractivity contribution in [3.63, 3.8) is 0 Å². The normalized spacial score (nSPS) is 13.4. The molecule has 4 rings (SSSR count). The molecule has 1 aromatic carbocycles. The summed E-state index contributed by atoms with van der Waals surface area (Å²) in [6.45, 7) is 2.76. The lowest BCUT2D eigenvalue weighted by atomic mass is 10.0. The first-order chi connectivity index (χ1) is 14.1. The zero-order valence-corrected chi connectivity index (χ0v) is 17.2. The van der Waals surface area contributed by atoms with Gasteiger partial charge in [0.15, 0.2) is 0 Å². The number of benzene rings is 1. The summed E-state index contributed by atoms with van der Waals surface area (Å²) in [5, 5.41) is 4.09. The summed E-state index contributed by atoms with van der Waals surface area (Å²) in [4.78, 5) is 45.0. The van der Waals surface area contributed by atoms with Crippen LogP contribution in [-0.4, -0.2) is 27.0 Å².